The van der Waals surface area contributed by atoms with E-state index in [0.29, 0.717) is 31.6 Å². The van der Waals surface area contributed by atoms with E-state index >= 15 is 0 Å². The van der Waals surface area contributed by atoms with Crippen LogP contribution in [0.4, 0.5) is 5.95 Å². The van der Waals surface area contributed by atoms with Gasteiger partial charge in [-0.2, -0.15) is 4.98 Å². The van der Waals surface area contributed by atoms with Crippen LogP contribution in [-0.4, -0.2) is 48.9 Å². The molecule has 2 N–H and O–H groups in total. The zero-order valence-electron chi connectivity index (χ0n) is 10.7. The van der Waals surface area contributed by atoms with Crippen LogP contribution in [-0.2, 0) is 4.74 Å². The first-order valence-electron chi connectivity index (χ1n) is 6.36. The number of rotatable bonds is 5. The first-order valence-corrected chi connectivity index (χ1v) is 6.36. The van der Waals surface area contributed by atoms with Crippen molar-refractivity contribution in [3.63, 3.8) is 0 Å². The highest BCUT2D eigenvalue weighted by atomic mass is 16.5. The van der Waals surface area contributed by atoms with Crippen molar-refractivity contribution in [2.45, 2.75) is 19.4 Å². The lowest BCUT2D eigenvalue weighted by Gasteiger charge is -2.32. The van der Waals surface area contributed by atoms with Crippen LogP contribution in [0.15, 0.2) is 12.3 Å². The minimum absolute atomic E-state index is 0.170. The molecule has 0 aromatic carbocycles. The minimum Gasteiger partial charge on any atom is -0.478 e. The number of hydrogen-bond acceptors (Lipinski definition) is 6. The Morgan fingerprint density at radius 2 is 2.50 bits per heavy atom. The fourth-order valence-corrected chi connectivity index (χ4v) is 1.97. The van der Waals surface area contributed by atoms with Gasteiger partial charge in [-0.1, -0.05) is 0 Å². The molecule has 0 saturated carbocycles. The van der Waals surface area contributed by atoms with E-state index in [-0.39, 0.29) is 6.10 Å². The summed E-state index contributed by atoms with van der Waals surface area (Å²) in [5.41, 5.74) is 5.56. The molecule has 1 aromatic heterocycles. The number of aromatic nitrogens is 2. The van der Waals surface area contributed by atoms with Crippen LogP contribution >= 0.6 is 0 Å². The Morgan fingerprint density at radius 3 is 3.28 bits per heavy atom. The van der Waals surface area contributed by atoms with E-state index in [0.717, 1.165) is 19.5 Å². The summed E-state index contributed by atoms with van der Waals surface area (Å²) in [5, 5.41) is 0. The van der Waals surface area contributed by atoms with Gasteiger partial charge in [-0.15, -0.1) is 0 Å². The Balaban J connectivity index is 2.03. The third-order valence-electron chi connectivity index (χ3n) is 2.82. The van der Waals surface area contributed by atoms with Crippen molar-refractivity contribution in [3.05, 3.63) is 12.3 Å². The second kappa shape index (κ2) is 6.51. The van der Waals surface area contributed by atoms with Crippen molar-refractivity contribution >= 4 is 5.95 Å². The Hall–Kier alpha value is -1.40. The standard InChI is InChI=1S/C12H20N4O2/c1-2-17-11-4-6-14-12(15-11)16-7-8-18-10(9-16)3-5-13/h4,6,10H,2-3,5,7-9,13H2,1H3. The van der Waals surface area contributed by atoms with Crippen molar-refractivity contribution < 1.29 is 9.47 Å². The van der Waals surface area contributed by atoms with E-state index in [9.17, 15) is 0 Å². The van der Waals surface area contributed by atoms with Gasteiger partial charge >= 0.3 is 0 Å². The maximum Gasteiger partial charge on any atom is 0.228 e. The number of hydrogen-bond donors (Lipinski definition) is 1. The van der Waals surface area contributed by atoms with E-state index in [1.165, 1.54) is 0 Å². The van der Waals surface area contributed by atoms with Gasteiger partial charge in [0, 0.05) is 25.4 Å². The van der Waals surface area contributed by atoms with Crippen LogP contribution < -0.4 is 15.4 Å². The van der Waals surface area contributed by atoms with E-state index in [1.807, 2.05) is 6.92 Å². The molecule has 2 rings (SSSR count). The molecule has 0 spiro atoms. The third-order valence-corrected chi connectivity index (χ3v) is 2.82. The summed E-state index contributed by atoms with van der Waals surface area (Å²) in [4.78, 5) is 10.8. The van der Waals surface area contributed by atoms with Gasteiger partial charge in [-0.05, 0) is 19.9 Å². The maximum atomic E-state index is 5.64. The molecule has 6 nitrogen and oxygen atoms in total. The van der Waals surface area contributed by atoms with Crippen molar-refractivity contribution in [1.82, 2.24) is 9.97 Å². The quantitative estimate of drug-likeness (QED) is 0.819. The molecule has 18 heavy (non-hydrogen) atoms. The lowest BCUT2D eigenvalue weighted by molar-refractivity contribution is 0.0363. The maximum absolute atomic E-state index is 5.64. The van der Waals surface area contributed by atoms with Gasteiger partial charge in [-0.3, -0.25) is 0 Å². The Kier molecular flexibility index (Phi) is 4.72. The summed E-state index contributed by atoms with van der Waals surface area (Å²) in [5.74, 6) is 1.32. The van der Waals surface area contributed by atoms with Gasteiger partial charge < -0.3 is 20.1 Å². The van der Waals surface area contributed by atoms with Gasteiger partial charge in [0.15, 0.2) is 0 Å². The molecule has 2 heterocycles. The first kappa shape index (κ1) is 13.0. The second-order valence-corrected chi connectivity index (χ2v) is 4.14. The van der Waals surface area contributed by atoms with Crippen LogP contribution in [0, 0.1) is 0 Å². The topological polar surface area (TPSA) is 73.5 Å². The van der Waals surface area contributed by atoms with Crippen LogP contribution in [0.5, 0.6) is 5.88 Å². The lowest BCUT2D eigenvalue weighted by Crippen LogP contribution is -2.44. The second-order valence-electron chi connectivity index (χ2n) is 4.14. The monoisotopic (exact) mass is 252 g/mol. The molecule has 1 aromatic rings. The predicted octanol–water partition coefficient (Wildman–Crippen LogP) is 0.429. The average Bonchev–Trinajstić information content (AvgIpc) is 2.40. The van der Waals surface area contributed by atoms with Gasteiger partial charge in [-0.25, -0.2) is 4.98 Å². The third kappa shape index (κ3) is 3.30. The highest BCUT2D eigenvalue weighted by Gasteiger charge is 2.21. The van der Waals surface area contributed by atoms with Crippen LogP contribution in [0.1, 0.15) is 13.3 Å². The van der Waals surface area contributed by atoms with Crippen molar-refractivity contribution in [1.29, 1.82) is 0 Å². The fourth-order valence-electron chi connectivity index (χ4n) is 1.97. The number of nitrogens with two attached hydrogens (primary N) is 1. The van der Waals surface area contributed by atoms with Crippen molar-refractivity contribution in [2.24, 2.45) is 5.73 Å². The van der Waals surface area contributed by atoms with Crippen LogP contribution in [0.3, 0.4) is 0 Å². The summed E-state index contributed by atoms with van der Waals surface area (Å²) in [7, 11) is 0. The predicted molar refractivity (Wildman–Crippen MR) is 68.8 cm³/mol. The summed E-state index contributed by atoms with van der Waals surface area (Å²) in [6.07, 6.45) is 2.76. The highest BCUT2D eigenvalue weighted by molar-refractivity contribution is 5.32. The first-order chi connectivity index (χ1) is 8.83. The van der Waals surface area contributed by atoms with Gasteiger partial charge in [0.1, 0.15) is 0 Å². The molecule has 1 aliphatic heterocycles. The molecular weight excluding hydrogens is 232 g/mol. The fraction of sp³-hybridized carbons (Fsp3) is 0.667. The summed E-state index contributed by atoms with van der Waals surface area (Å²) in [6, 6.07) is 1.77. The van der Waals surface area contributed by atoms with Crippen LogP contribution in [0.25, 0.3) is 0 Å². The molecule has 1 unspecified atom stereocenters. The minimum atomic E-state index is 0.170. The molecule has 0 aliphatic carbocycles. The van der Waals surface area contributed by atoms with Crippen molar-refractivity contribution in [3.8, 4) is 5.88 Å². The summed E-state index contributed by atoms with van der Waals surface area (Å²) >= 11 is 0. The molecule has 1 fully saturated rings. The molecule has 0 amide bonds. The summed E-state index contributed by atoms with van der Waals surface area (Å²) in [6.45, 7) is 5.46. The lowest BCUT2D eigenvalue weighted by atomic mass is 10.2. The van der Waals surface area contributed by atoms with Gasteiger partial charge in [0.2, 0.25) is 11.8 Å². The number of nitrogens with zero attached hydrogens (tertiary/aromatic N) is 3. The zero-order chi connectivity index (χ0) is 12.8. The number of ether oxygens (including phenoxy) is 2. The molecule has 1 saturated heterocycles. The van der Waals surface area contributed by atoms with Crippen molar-refractivity contribution in [2.75, 3.05) is 37.7 Å². The van der Waals surface area contributed by atoms with Crippen LogP contribution in [0.2, 0.25) is 0 Å². The molecular formula is C12H20N4O2. The molecule has 100 valence electrons. The molecule has 1 atom stereocenters. The molecule has 0 bridgehead atoms. The number of anilines is 1. The largest absolute Gasteiger partial charge is 0.478 e. The van der Waals surface area contributed by atoms with E-state index in [1.54, 1.807) is 12.3 Å². The van der Waals surface area contributed by atoms with E-state index < -0.39 is 0 Å². The van der Waals surface area contributed by atoms with E-state index in [4.69, 9.17) is 15.2 Å². The Bertz CT molecular complexity index is 373. The Morgan fingerprint density at radius 1 is 1.61 bits per heavy atom. The van der Waals surface area contributed by atoms with E-state index in [2.05, 4.69) is 14.9 Å². The molecule has 1 aliphatic rings. The zero-order valence-corrected chi connectivity index (χ0v) is 10.7. The average molecular weight is 252 g/mol. The Labute approximate surface area is 107 Å². The summed E-state index contributed by atoms with van der Waals surface area (Å²) < 4.78 is 11.0. The normalized spacial score (nSPS) is 19.9. The smallest absolute Gasteiger partial charge is 0.228 e. The highest BCUT2D eigenvalue weighted by Crippen LogP contribution is 2.16. The number of morpholine rings is 1. The molecule has 0 radical (unpaired) electrons. The van der Waals surface area contributed by atoms with Gasteiger partial charge in [0.25, 0.3) is 0 Å². The molecule has 6 heteroatoms. The SMILES string of the molecule is CCOc1ccnc(N2CCOC(CCN)C2)n1. The van der Waals surface area contributed by atoms with Gasteiger partial charge in [0.05, 0.1) is 19.3 Å².